The fourth-order valence-corrected chi connectivity index (χ4v) is 2.00. The van der Waals surface area contributed by atoms with Gasteiger partial charge < -0.3 is 10.6 Å². The van der Waals surface area contributed by atoms with E-state index < -0.39 is 0 Å². The first kappa shape index (κ1) is 10.5. The lowest BCUT2D eigenvalue weighted by atomic mass is 9.83. The van der Waals surface area contributed by atoms with Crippen molar-refractivity contribution in [1.29, 1.82) is 0 Å². The normalized spacial score (nSPS) is 28.6. The summed E-state index contributed by atoms with van der Waals surface area (Å²) in [7, 11) is 1.95. The van der Waals surface area contributed by atoms with E-state index in [0.717, 1.165) is 32.2 Å². The number of carbonyl (C=O) groups is 1. The first-order valence-electron chi connectivity index (χ1n) is 5.18. The summed E-state index contributed by atoms with van der Waals surface area (Å²) in [6.07, 6.45) is 4.98. The van der Waals surface area contributed by atoms with Gasteiger partial charge in [-0.2, -0.15) is 0 Å². The molecule has 0 saturated carbocycles. The van der Waals surface area contributed by atoms with E-state index >= 15 is 0 Å². The van der Waals surface area contributed by atoms with E-state index in [1.54, 1.807) is 0 Å². The lowest BCUT2D eigenvalue weighted by molar-refractivity contribution is -0.125. The fraction of sp³-hybridized carbons (Fsp3) is 0.900. The van der Waals surface area contributed by atoms with Crippen molar-refractivity contribution in [1.82, 2.24) is 10.6 Å². The molecule has 1 unspecified atom stereocenters. The molecule has 0 aromatic carbocycles. The first-order chi connectivity index (χ1) is 6.22. The van der Waals surface area contributed by atoms with E-state index in [0.29, 0.717) is 6.42 Å². The van der Waals surface area contributed by atoms with Gasteiger partial charge in [-0.15, -0.1) is 0 Å². The van der Waals surface area contributed by atoms with Gasteiger partial charge in [-0.3, -0.25) is 4.79 Å². The van der Waals surface area contributed by atoms with Gasteiger partial charge >= 0.3 is 0 Å². The highest BCUT2D eigenvalue weighted by Gasteiger charge is 2.32. The molecule has 0 aromatic rings. The lowest BCUT2D eigenvalue weighted by Gasteiger charge is -2.37. The minimum atomic E-state index is 0.0817. The van der Waals surface area contributed by atoms with Gasteiger partial charge in [-0.25, -0.2) is 0 Å². The van der Waals surface area contributed by atoms with Crippen molar-refractivity contribution >= 4 is 5.91 Å². The molecule has 3 nitrogen and oxygen atoms in total. The highest BCUT2D eigenvalue weighted by atomic mass is 16.1. The minimum Gasteiger partial charge on any atom is -0.351 e. The molecule has 2 N–H and O–H groups in total. The average molecular weight is 184 g/mol. The van der Waals surface area contributed by atoms with Crippen molar-refractivity contribution in [3.8, 4) is 0 Å². The number of hydrogen-bond donors (Lipinski definition) is 2. The molecule has 0 aromatic heterocycles. The largest absolute Gasteiger partial charge is 0.351 e. The lowest BCUT2D eigenvalue weighted by Crippen LogP contribution is -2.52. The smallest absolute Gasteiger partial charge is 0.220 e. The molecule has 1 amide bonds. The maximum absolute atomic E-state index is 11.3. The standard InChI is InChI=1S/C10H20N2O/c1-3-10(7-8-11-2)6-4-5-9(13)12-10/h11H,3-8H2,1-2H3,(H,12,13). The van der Waals surface area contributed by atoms with Crippen LogP contribution in [-0.2, 0) is 4.79 Å². The third-order valence-corrected chi connectivity index (χ3v) is 2.99. The number of piperidine rings is 1. The van der Waals surface area contributed by atoms with Crippen LogP contribution in [0.4, 0.5) is 0 Å². The molecule has 3 heteroatoms. The highest BCUT2D eigenvalue weighted by molar-refractivity contribution is 5.77. The molecule has 1 aliphatic rings. The van der Waals surface area contributed by atoms with Gasteiger partial charge in [0.05, 0.1) is 0 Å². The van der Waals surface area contributed by atoms with Gasteiger partial charge in [0, 0.05) is 12.0 Å². The zero-order valence-corrected chi connectivity index (χ0v) is 8.65. The number of amides is 1. The van der Waals surface area contributed by atoms with Gasteiger partial charge in [0.15, 0.2) is 0 Å². The Morgan fingerprint density at radius 1 is 1.62 bits per heavy atom. The van der Waals surface area contributed by atoms with Crippen LogP contribution in [0.2, 0.25) is 0 Å². The van der Waals surface area contributed by atoms with Crippen LogP contribution in [0.5, 0.6) is 0 Å². The van der Waals surface area contributed by atoms with Gasteiger partial charge in [0.25, 0.3) is 0 Å². The Morgan fingerprint density at radius 3 is 2.92 bits per heavy atom. The third-order valence-electron chi connectivity index (χ3n) is 2.99. The average Bonchev–Trinajstić information content (AvgIpc) is 2.15. The van der Waals surface area contributed by atoms with E-state index in [1.165, 1.54) is 0 Å². The van der Waals surface area contributed by atoms with Gasteiger partial charge in [0.1, 0.15) is 0 Å². The molecule has 0 radical (unpaired) electrons. The summed E-state index contributed by atoms with van der Waals surface area (Å²) in [5, 5.41) is 6.27. The molecular weight excluding hydrogens is 164 g/mol. The van der Waals surface area contributed by atoms with Crippen LogP contribution in [0, 0.1) is 0 Å². The Labute approximate surface area is 80.3 Å². The van der Waals surface area contributed by atoms with Gasteiger partial charge in [-0.1, -0.05) is 6.92 Å². The summed E-state index contributed by atoms with van der Waals surface area (Å²) < 4.78 is 0. The minimum absolute atomic E-state index is 0.0817. The van der Waals surface area contributed by atoms with E-state index in [9.17, 15) is 4.79 Å². The maximum atomic E-state index is 11.3. The van der Waals surface area contributed by atoms with Gasteiger partial charge in [0.2, 0.25) is 5.91 Å². The van der Waals surface area contributed by atoms with Crippen LogP contribution < -0.4 is 10.6 Å². The van der Waals surface area contributed by atoms with Gasteiger partial charge in [-0.05, 0) is 39.3 Å². The monoisotopic (exact) mass is 184 g/mol. The molecule has 13 heavy (non-hydrogen) atoms. The summed E-state index contributed by atoms with van der Waals surface area (Å²) in [5.74, 6) is 0.226. The Morgan fingerprint density at radius 2 is 2.38 bits per heavy atom. The fourth-order valence-electron chi connectivity index (χ4n) is 2.00. The van der Waals surface area contributed by atoms with Crippen molar-refractivity contribution in [3.63, 3.8) is 0 Å². The van der Waals surface area contributed by atoms with E-state index in [-0.39, 0.29) is 11.4 Å². The predicted molar refractivity (Wildman–Crippen MR) is 53.6 cm³/mol. The molecule has 1 rings (SSSR count). The predicted octanol–water partition coefficient (Wildman–Crippen LogP) is 1.04. The Kier molecular flexibility index (Phi) is 3.72. The molecule has 0 bridgehead atoms. The van der Waals surface area contributed by atoms with Crippen LogP contribution in [0.3, 0.4) is 0 Å². The quantitative estimate of drug-likeness (QED) is 0.685. The van der Waals surface area contributed by atoms with Crippen molar-refractivity contribution in [2.75, 3.05) is 13.6 Å². The van der Waals surface area contributed by atoms with Crippen LogP contribution in [0.25, 0.3) is 0 Å². The molecule has 1 heterocycles. The second-order valence-corrected chi connectivity index (χ2v) is 3.89. The Balaban J connectivity index is 2.51. The molecule has 0 aliphatic carbocycles. The summed E-state index contributed by atoms with van der Waals surface area (Å²) in [6.45, 7) is 3.13. The van der Waals surface area contributed by atoms with E-state index in [1.807, 2.05) is 7.05 Å². The molecule has 0 spiro atoms. The topological polar surface area (TPSA) is 41.1 Å². The number of carbonyl (C=O) groups excluding carboxylic acids is 1. The number of nitrogens with one attached hydrogen (secondary N) is 2. The third kappa shape index (κ3) is 2.69. The highest BCUT2D eigenvalue weighted by Crippen LogP contribution is 2.26. The second kappa shape index (κ2) is 4.61. The van der Waals surface area contributed by atoms with Crippen LogP contribution >= 0.6 is 0 Å². The molecular formula is C10H20N2O. The van der Waals surface area contributed by atoms with Crippen molar-refractivity contribution in [3.05, 3.63) is 0 Å². The number of hydrogen-bond acceptors (Lipinski definition) is 2. The summed E-state index contributed by atoms with van der Waals surface area (Å²) in [6, 6.07) is 0. The molecule has 1 aliphatic heterocycles. The Hall–Kier alpha value is -0.570. The van der Waals surface area contributed by atoms with Crippen LogP contribution in [0.15, 0.2) is 0 Å². The second-order valence-electron chi connectivity index (χ2n) is 3.89. The summed E-state index contributed by atoms with van der Waals surface area (Å²) in [4.78, 5) is 11.3. The Bertz CT molecular complexity index is 182. The van der Waals surface area contributed by atoms with Crippen LogP contribution in [-0.4, -0.2) is 25.0 Å². The number of rotatable bonds is 4. The first-order valence-corrected chi connectivity index (χ1v) is 5.18. The molecule has 1 fully saturated rings. The van der Waals surface area contributed by atoms with Crippen molar-refractivity contribution in [2.24, 2.45) is 0 Å². The van der Waals surface area contributed by atoms with E-state index in [4.69, 9.17) is 0 Å². The molecule has 76 valence electrons. The van der Waals surface area contributed by atoms with Crippen molar-refractivity contribution in [2.45, 2.75) is 44.6 Å². The maximum Gasteiger partial charge on any atom is 0.220 e. The summed E-state index contributed by atoms with van der Waals surface area (Å²) in [5.41, 5.74) is 0.0817. The summed E-state index contributed by atoms with van der Waals surface area (Å²) >= 11 is 0. The molecule has 1 saturated heterocycles. The SMILES string of the molecule is CCC1(CCNC)CCCC(=O)N1. The molecule has 1 atom stereocenters. The van der Waals surface area contributed by atoms with Crippen LogP contribution in [0.1, 0.15) is 39.0 Å². The van der Waals surface area contributed by atoms with E-state index in [2.05, 4.69) is 17.6 Å². The zero-order valence-electron chi connectivity index (χ0n) is 8.65. The van der Waals surface area contributed by atoms with Crippen molar-refractivity contribution < 1.29 is 4.79 Å². The zero-order chi connectivity index (χ0) is 9.73.